The van der Waals surface area contributed by atoms with Crippen molar-refractivity contribution in [3.05, 3.63) is 41.1 Å². The molecule has 0 radical (unpaired) electrons. The molecule has 0 aliphatic carbocycles. The molecule has 0 saturated carbocycles. The molecule has 2 N–H and O–H groups in total. The Morgan fingerprint density at radius 1 is 1.53 bits per heavy atom. The molecule has 0 amide bonds. The first-order valence-corrected chi connectivity index (χ1v) is 17.5. The minimum atomic E-state index is -1.14. The number of nitrogens with one attached hydrogen (secondary N) is 2. The van der Waals surface area contributed by atoms with Gasteiger partial charge in [-0.25, -0.2) is 9.78 Å². The fraction of sp³-hybridized carbons (Fsp3) is 0. The van der Waals surface area contributed by atoms with E-state index in [0.29, 0.717) is 0 Å². The molecule has 2 aromatic rings. The molecule has 0 aromatic carbocycles. The molecule has 0 bridgehead atoms. The first-order chi connectivity index (χ1) is 7.27. The van der Waals surface area contributed by atoms with Gasteiger partial charge in [-0.2, -0.15) is 0 Å². The summed E-state index contributed by atoms with van der Waals surface area (Å²) < 4.78 is 5.97. The molecule has 0 atom stereocenters. The van der Waals surface area contributed by atoms with Crippen LogP contribution in [-0.4, -0.2) is 5.27 Å². The topological polar surface area (TPSA) is 64.0 Å². The fourth-order valence-electron chi connectivity index (χ4n) is 0.913. The van der Waals surface area contributed by atoms with Gasteiger partial charge in [-0.1, -0.05) is 0 Å². The Morgan fingerprint density at radius 3 is 2.73 bits per heavy atom. The first-order valence-electron chi connectivity index (χ1n) is 3.96. The van der Waals surface area contributed by atoms with Gasteiger partial charge in [-0.15, -0.1) is 0 Å². The Kier molecular flexibility index (Phi) is 5.89. The van der Waals surface area contributed by atoms with Crippen molar-refractivity contribution in [2.75, 3.05) is 0 Å². The molecular formula is C7H7Cl2HgN3O2+2. The third-order valence-electron chi connectivity index (χ3n) is 1.45. The van der Waals surface area contributed by atoms with Crippen LogP contribution in [0.5, 0.6) is 0 Å². The van der Waals surface area contributed by atoms with E-state index < -0.39 is 27.7 Å². The zero-order valence-electron chi connectivity index (χ0n) is 7.61. The van der Waals surface area contributed by atoms with Gasteiger partial charge in [0, 0.05) is 12.1 Å². The fourth-order valence-corrected chi connectivity index (χ4v) is 0.913. The molecule has 2 rings (SSSR count). The van der Waals surface area contributed by atoms with Gasteiger partial charge < -0.3 is 0 Å². The Morgan fingerprint density at radius 2 is 2.27 bits per heavy atom. The predicted molar refractivity (Wildman–Crippen MR) is 49.1 cm³/mol. The molecule has 2 heterocycles. The van der Waals surface area contributed by atoms with E-state index >= 15 is 0 Å². The maximum atomic E-state index is 10.6. The zero-order valence-corrected chi connectivity index (χ0v) is 14.6. The van der Waals surface area contributed by atoms with Crippen molar-refractivity contribution in [3.8, 4) is 5.69 Å². The van der Waals surface area contributed by atoms with Gasteiger partial charge in [0.1, 0.15) is 0 Å². The van der Waals surface area contributed by atoms with E-state index in [0.717, 1.165) is 5.69 Å². The van der Waals surface area contributed by atoms with E-state index in [9.17, 15) is 4.79 Å². The summed E-state index contributed by atoms with van der Waals surface area (Å²) in [5.74, 6) is 0. The normalized spacial score (nSPS) is 8.67. The van der Waals surface area contributed by atoms with Crippen LogP contribution in [0.4, 0.5) is 0 Å². The zero-order chi connectivity index (χ0) is 11.1. The molecule has 0 aliphatic heterocycles. The Balaban J connectivity index is 0.000000337. The van der Waals surface area contributed by atoms with E-state index in [1.807, 2.05) is 12.1 Å². The summed E-state index contributed by atoms with van der Waals surface area (Å²) in [6.07, 6.45) is 4.84. The molecule has 8 heteroatoms. The number of nitrogens with zero attached hydrogens (tertiary/aromatic N) is 1. The average molecular weight is 437 g/mol. The van der Waals surface area contributed by atoms with Gasteiger partial charge >= 0.3 is 49.9 Å². The van der Waals surface area contributed by atoms with E-state index in [1.54, 1.807) is 12.4 Å². The second-order valence-electron chi connectivity index (χ2n) is 2.37. The summed E-state index contributed by atoms with van der Waals surface area (Å²) in [4.78, 5) is 13.5. The average Bonchev–Trinajstić information content (AvgIpc) is 2.67. The van der Waals surface area contributed by atoms with Crippen LogP contribution in [0, 0.1) is 0 Å². The van der Waals surface area contributed by atoms with E-state index in [1.165, 1.54) is 10.9 Å². The Bertz CT molecular complexity index is 445. The Hall–Kier alpha value is -0.395. The van der Waals surface area contributed by atoms with Gasteiger partial charge in [0.25, 0.3) is 6.20 Å². The maximum absolute atomic E-state index is 10.6. The summed E-state index contributed by atoms with van der Waals surface area (Å²) in [5.41, 5.74) is 0.405. The van der Waals surface area contributed by atoms with E-state index in [2.05, 4.69) is 14.8 Å². The minimum absolute atomic E-state index is 0.404. The molecule has 76 valence electrons. The molecule has 0 unspecified atom stereocenters. The summed E-state index contributed by atoms with van der Waals surface area (Å²) in [5, 5.41) is 2.43. The van der Waals surface area contributed by atoms with Crippen LogP contribution < -0.4 is 15.3 Å². The number of aromatic amines is 2. The van der Waals surface area contributed by atoms with Crippen LogP contribution >= 0.6 is 16.5 Å². The molecule has 0 aliphatic rings. The molecule has 0 saturated heterocycles. The number of hydrogen-bond donors (Lipinski definition) is 1. The number of hydrogen-bond acceptors (Lipinski definition) is 2. The van der Waals surface area contributed by atoms with E-state index in [-0.39, 0.29) is 0 Å². The van der Waals surface area contributed by atoms with Crippen molar-refractivity contribution in [3.63, 3.8) is 0 Å². The summed E-state index contributed by atoms with van der Waals surface area (Å²) in [6, 6.07) is 3.66. The second-order valence-corrected chi connectivity index (χ2v) is 10.3. The monoisotopic (exact) mass is 437 g/mol. The van der Waals surface area contributed by atoms with Crippen LogP contribution in [0.15, 0.2) is 40.0 Å². The van der Waals surface area contributed by atoms with Crippen LogP contribution in [0.1, 0.15) is 0 Å². The van der Waals surface area contributed by atoms with Crippen molar-refractivity contribution in [2.24, 2.45) is 0 Å². The quantitative estimate of drug-likeness (QED) is 0.521. The van der Waals surface area contributed by atoms with E-state index in [4.69, 9.17) is 16.5 Å². The van der Waals surface area contributed by atoms with Crippen LogP contribution in [0.3, 0.4) is 0 Å². The van der Waals surface area contributed by atoms with Crippen LogP contribution in [0.2, 0.25) is 0 Å². The van der Waals surface area contributed by atoms with Gasteiger partial charge in [0.2, 0.25) is 6.20 Å². The van der Waals surface area contributed by atoms with Gasteiger partial charge in [0.05, 0.1) is 0 Å². The van der Waals surface area contributed by atoms with Gasteiger partial charge in [-0.3, -0.25) is 4.52 Å². The predicted octanol–water partition coefficient (Wildman–Crippen LogP) is 0.435. The summed E-state index contributed by atoms with van der Waals surface area (Å²) in [7, 11) is 9.97. The number of aromatic nitrogens is 3. The van der Waals surface area contributed by atoms with Crippen molar-refractivity contribution in [1.29, 1.82) is 0 Å². The molecule has 5 nitrogen and oxygen atoms in total. The molecule has 0 spiro atoms. The summed E-state index contributed by atoms with van der Waals surface area (Å²) in [6.45, 7) is 0. The number of H-pyrrole nitrogens is 2. The number of halogens is 2. The number of rotatable bonds is 1. The van der Waals surface area contributed by atoms with Crippen molar-refractivity contribution in [1.82, 2.24) is 5.27 Å². The third-order valence-corrected chi connectivity index (χ3v) is 1.45. The van der Waals surface area contributed by atoms with Crippen molar-refractivity contribution in [2.45, 2.75) is 0 Å². The molecule has 15 heavy (non-hydrogen) atoms. The summed E-state index contributed by atoms with van der Waals surface area (Å²) >= 11 is -1.14. The van der Waals surface area contributed by atoms with Crippen LogP contribution in [-0.2, 0) is 22.1 Å². The standard InChI is InChI=1S/C7H5N3O2.2ClH.Hg/c11-7-5-10(9-12-7)6-2-1-3-8-4-6;;;/h1-5H;2*1H;/q;;;+2. The van der Waals surface area contributed by atoms with Gasteiger partial charge in [-0.05, 0) is 9.95 Å². The van der Waals surface area contributed by atoms with Crippen molar-refractivity contribution < 1.29 is 36.3 Å². The molecule has 0 fully saturated rings. The molecular weight excluding hydrogens is 430 g/mol. The second kappa shape index (κ2) is 6.97. The number of pyridine rings is 1. The van der Waals surface area contributed by atoms with Crippen molar-refractivity contribution >= 4 is 16.5 Å². The first kappa shape index (κ1) is 12.7. The van der Waals surface area contributed by atoms with Crippen LogP contribution in [0.25, 0.3) is 5.69 Å². The van der Waals surface area contributed by atoms with Gasteiger partial charge in [0.15, 0.2) is 6.20 Å². The SMILES string of the molecule is O=c1c[n+](-c2ccc[nH+]c2)[nH]o1.[Cl][Hg][Cl]. The molecule has 2 aromatic heterocycles. The third kappa shape index (κ3) is 4.32. The Labute approximate surface area is 104 Å².